The smallest absolute Gasteiger partial charge is 0.146 e. The molecule has 0 saturated heterocycles. The van der Waals surface area contributed by atoms with Crippen molar-refractivity contribution in [2.45, 2.75) is 26.4 Å². The van der Waals surface area contributed by atoms with E-state index in [0.29, 0.717) is 0 Å². The molecule has 0 unspecified atom stereocenters. The monoisotopic (exact) mass is 163 g/mol. The molecule has 0 aliphatic heterocycles. The molecule has 0 aliphatic carbocycles. The van der Waals surface area contributed by atoms with Crippen LogP contribution in [0.2, 0.25) is 0 Å². The molecule has 0 saturated carbocycles. The second-order valence-corrected chi connectivity index (χ2v) is 4.07. The predicted molar refractivity (Wildman–Crippen MR) is 50.4 cm³/mol. The molecule has 0 fully saturated rings. The third-order valence-corrected chi connectivity index (χ3v) is 1.84. The number of hydrogen-bond donors (Lipinski definition) is 0. The highest BCUT2D eigenvalue weighted by Crippen LogP contribution is 2.01. The van der Waals surface area contributed by atoms with Crippen molar-refractivity contribution >= 4 is 10.5 Å². The summed E-state index contributed by atoms with van der Waals surface area (Å²) in [7, 11) is 6.85. The van der Waals surface area contributed by atoms with Gasteiger partial charge in [-0.3, -0.25) is 0 Å². The topological polar surface area (TPSA) is 12.5 Å². The normalized spacial score (nSPS) is 11.1. The minimum Gasteiger partial charge on any atom is -0.423 e. The number of rotatable bonds is 0. The van der Waals surface area contributed by atoms with Gasteiger partial charge in [-0.2, -0.15) is 0 Å². The fraction of sp³-hybridized carbons (Fsp3) is 1.00. The zero-order valence-corrected chi connectivity index (χ0v) is 10.4. The molecule has 0 radical (unpaired) electrons. The minimum atomic E-state index is 0.103. The van der Waals surface area contributed by atoms with Gasteiger partial charge in [0.25, 0.3) is 0 Å². The van der Waals surface area contributed by atoms with E-state index in [0.717, 1.165) is 10.5 Å². The molecular weight excluding hydrogens is 142 g/mol. The van der Waals surface area contributed by atoms with Crippen molar-refractivity contribution < 1.29 is 4.43 Å². The van der Waals surface area contributed by atoms with Gasteiger partial charge in [0.2, 0.25) is 0 Å². The summed E-state index contributed by atoms with van der Waals surface area (Å²) < 4.78 is 5.08. The summed E-state index contributed by atoms with van der Waals surface area (Å²) in [5.74, 6) is 0. The molecule has 2 nitrogen and oxygen atoms in total. The Kier molecular flexibility index (Phi) is 7.52. The molecule has 3 heteroatoms. The van der Waals surface area contributed by atoms with Crippen molar-refractivity contribution in [2.75, 3.05) is 21.1 Å². The van der Waals surface area contributed by atoms with Gasteiger partial charge in [-0.15, -0.1) is 0 Å². The minimum absolute atomic E-state index is 0.103. The van der Waals surface area contributed by atoms with Crippen LogP contribution >= 0.6 is 0 Å². The Morgan fingerprint density at radius 1 is 1.10 bits per heavy atom. The second kappa shape index (κ2) is 5.89. The van der Waals surface area contributed by atoms with Crippen molar-refractivity contribution in [2.24, 2.45) is 0 Å². The highest BCUT2D eigenvalue weighted by molar-refractivity contribution is 5.98. The van der Waals surface area contributed by atoms with Crippen LogP contribution < -0.4 is 0 Å². The highest BCUT2D eigenvalue weighted by atomic mass is 28.2. The fourth-order valence-corrected chi connectivity index (χ4v) is 0. The Balaban J connectivity index is 0. The van der Waals surface area contributed by atoms with E-state index in [1.54, 1.807) is 0 Å². The first kappa shape index (κ1) is 12.8. The molecule has 0 N–H and O–H groups in total. The maximum atomic E-state index is 5.08. The molecule has 0 bridgehead atoms. The average Bonchev–Trinajstić information content (AvgIpc) is 1.63. The van der Waals surface area contributed by atoms with Crippen molar-refractivity contribution in [3.63, 3.8) is 0 Å². The molecule has 0 spiro atoms. The predicted octanol–water partition coefficient (Wildman–Crippen LogP) is 0.260. The average molecular weight is 163 g/mol. The van der Waals surface area contributed by atoms with Crippen molar-refractivity contribution in [1.29, 1.82) is 0 Å². The van der Waals surface area contributed by atoms with Crippen LogP contribution in [0.4, 0.5) is 0 Å². The summed E-state index contributed by atoms with van der Waals surface area (Å²) in [6.45, 7) is 6.17. The third kappa shape index (κ3) is 42.1. The lowest BCUT2D eigenvalue weighted by molar-refractivity contribution is 0.147. The van der Waals surface area contributed by atoms with E-state index >= 15 is 0 Å². The zero-order chi connectivity index (χ0) is 8.78. The molecule has 0 aromatic rings. The van der Waals surface area contributed by atoms with Crippen LogP contribution in [-0.4, -0.2) is 42.1 Å². The van der Waals surface area contributed by atoms with Crippen LogP contribution in [0, 0.1) is 0 Å². The fourth-order valence-electron chi connectivity index (χ4n) is 0. The molecule has 10 heavy (non-hydrogen) atoms. The van der Waals surface area contributed by atoms with Gasteiger partial charge in [0, 0.05) is 5.60 Å². The quantitative estimate of drug-likeness (QED) is 0.475. The van der Waals surface area contributed by atoms with Gasteiger partial charge in [0.05, 0.1) is 0 Å². The van der Waals surface area contributed by atoms with Crippen LogP contribution in [0.15, 0.2) is 0 Å². The van der Waals surface area contributed by atoms with Crippen molar-refractivity contribution in [3.05, 3.63) is 0 Å². The molecular formula is C7H21NOSi. The maximum absolute atomic E-state index is 5.08. The van der Waals surface area contributed by atoms with Gasteiger partial charge in [-0.1, -0.05) is 0 Å². The number of nitrogens with zero attached hydrogens (tertiary/aromatic N) is 1. The molecule has 0 rings (SSSR count). The van der Waals surface area contributed by atoms with Crippen LogP contribution in [0.5, 0.6) is 0 Å². The second-order valence-electron chi connectivity index (χ2n) is 3.66. The van der Waals surface area contributed by atoms with Crippen LogP contribution in [0.25, 0.3) is 0 Å². The third-order valence-electron chi connectivity index (χ3n) is 0.612. The Morgan fingerprint density at radius 2 is 1.20 bits per heavy atom. The van der Waals surface area contributed by atoms with Crippen LogP contribution in [0.3, 0.4) is 0 Å². The van der Waals surface area contributed by atoms with Crippen LogP contribution in [-0.2, 0) is 4.43 Å². The molecule has 0 aliphatic rings. The van der Waals surface area contributed by atoms with Gasteiger partial charge in [-0.05, 0) is 41.9 Å². The van der Waals surface area contributed by atoms with Gasteiger partial charge >= 0.3 is 0 Å². The van der Waals surface area contributed by atoms with Crippen molar-refractivity contribution in [3.8, 4) is 0 Å². The van der Waals surface area contributed by atoms with E-state index < -0.39 is 0 Å². The Hall–Kier alpha value is 0.137. The molecule has 64 valence electrons. The van der Waals surface area contributed by atoms with E-state index in [9.17, 15) is 0 Å². The lowest BCUT2D eigenvalue weighted by atomic mass is 10.2. The molecule has 0 aromatic carbocycles. The standard InChI is InChI=1S/C4H12OSi.C3H9N/c1-4(2,3)5-6;1-4(2)3/h1-3,6H3;1-3H3. The van der Waals surface area contributed by atoms with E-state index in [2.05, 4.69) is 20.8 Å². The molecule has 0 aromatic heterocycles. The number of hydrogen-bond acceptors (Lipinski definition) is 2. The van der Waals surface area contributed by atoms with E-state index in [1.807, 2.05) is 26.0 Å². The van der Waals surface area contributed by atoms with Gasteiger partial charge in [0.15, 0.2) is 0 Å². The summed E-state index contributed by atoms with van der Waals surface area (Å²) in [5, 5.41) is 0. The molecule has 0 amide bonds. The van der Waals surface area contributed by atoms with E-state index in [4.69, 9.17) is 4.43 Å². The SMILES string of the molecule is CC(C)(C)O[SiH3].CN(C)C. The Morgan fingerprint density at radius 3 is 1.20 bits per heavy atom. The Bertz CT molecular complexity index is 65.7. The molecule has 0 heterocycles. The van der Waals surface area contributed by atoms with Gasteiger partial charge in [0.1, 0.15) is 10.5 Å². The summed E-state index contributed by atoms with van der Waals surface area (Å²) >= 11 is 0. The van der Waals surface area contributed by atoms with Gasteiger partial charge in [-0.25, -0.2) is 0 Å². The summed E-state index contributed by atoms with van der Waals surface area (Å²) in [6, 6.07) is 0. The summed E-state index contributed by atoms with van der Waals surface area (Å²) in [4.78, 5) is 2.00. The van der Waals surface area contributed by atoms with Gasteiger partial charge < -0.3 is 9.33 Å². The lowest BCUT2D eigenvalue weighted by Crippen LogP contribution is -2.16. The summed E-state index contributed by atoms with van der Waals surface area (Å²) in [6.07, 6.45) is 0. The Labute approximate surface area is 68.1 Å². The highest BCUT2D eigenvalue weighted by Gasteiger charge is 2.03. The largest absolute Gasteiger partial charge is 0.423 e. The molecule has 0 atom stereocenters. The lowest BCUT2D eigenvalue weighted by Gasteiger charge is -2.15. The van der Waals surface area contributed by atoms with E-state index in [1.165, 1.54) is 0 Å². The van der Waals surface area contributed by atoms with Crippen LogP contribution in [0.1, 0.15) is 20.8 Å². The first-order chi connectivity index (χ1) is 4.29. The maximum Gasteiger partial charge on any atom is 0.146 e. The first-order valence-electron chi connectivity index (χ1n) is 3.45. The van der Waals surface area contributed by atoms with E-state index in [-0.39, 0.29) is 5.60 Å². The van der Waals surface area contributed by atoms with Crippen molar-refractivity contribution in [1.82, 2.24) is 4.90 Å². The first-order valence-corrected chi connectivity index (χ1v) is 4.27. The summed E-state index contributed by atoms with van der Waals surface area (Å²) in [5.41, 5.74) is 0.103. The zero-order valence-electron chi connectivity index (χ0n) is 8.36.